The molecule has 2 atom stereocenters. The van der Waals surface area contributed by atoms with Crippen LogP contribution in [0, 0.1) is 20.8 Å². The SMILES string of the molecule is Cc1nn(CCC(=O)N[C@@H]2CC[C@H](NC(=O)c3cnc4ccccc4n3)C2)c(C)c1C. The van der Waals surface area contributed by atoms with E-state index in [9.17, 15) is 9.59 Å². The number of hydrogen-bond acceptors (Lipinski definition) is 5. The minimum atomic E-state index is -0.227. The molecule has 31 heavy (non-hydrogen) atoms. The topological polar surface area (TPSA) is 102 Å². The van der Waals surface area contributed by atoms with Crippen LogP contribution in [0.4, 0.5) is 0 Å². The van der Waals surface area contributed by atoms with Crippen LogP contribution in [-0.2, 0) is 11.3 Å². The molecule has 2 heterocycles. The number of nitrogens with one attached hydrogen (secondary N) is 2. The molecule has 4 rings (SSSR count). The molecule has 0 saturated heterocycles. The molecular weight excluding hydrogens is 392 g/mol. The van der Waals surface area contributed by atoms with Gasteiger partial charge in [-0.05, 0) is 57.7 Å². The zero-order valence-electron chi connectivity index (χ0n) is 18.2. The van der Waals surface area contributed by atoms with Gasteiger partial charge >= 0.3 is 0 Å². The smallest absolute Gasteiger partial charge is 0.271 e. The summed E-state index contributed by atoms with van der Waals surface area (Å²) in [6.07, 6.45) is 4.29. The lowest BCUT2D eigenvalue weighted by Gasteiger charge is -2.15. The Hall–Kier alpha value is -3.29. The second-order valence-electron chi connectivity index (χ2n) is 8.26. The molecule has 162 valence electrons. The number of carbonyl (C=O) groups is 2. The predicted octanol–water partition coefficient (Wildman–Crippen LogP) is 2.61. The number of nitrogens with zero attached hydrogens (tertiary/aromatic N) is 4. The zero-order valence-corrected chi connectivity index (χ0v) is 18.2. The van der Waals surface area contributed by atoms with Crippen LogP contribution in [0.1, 0.15) is 53.1 Å². The normalized spacial score (nSPS) is 18.3. The lowest BCUT2D eigenvalue weighted by Crippen LogP contribution is -2.37. The lowest BCUT2D eigenvalue weighted by molar-refractivity contribution is -0.122. The van der Waals surface area contributed by atoms with Gasteiger partial charge in [0, 0.05) is 30.7 Å². The summed E-state index contributed by atoms with van der Waals surface area (Å²) in [5.41, 5.74) is 5.05. The van der Waals surface area contributed by atoms with Crippen molar-refractivity contribution in [1.29, 1.82) is 0 Å². The van der Waals surface area contributed by atoms with Crippen molar-refractivity contribution in [3.63, 3.8) is 0 Å². The second kappa shape index (κ2) is 8.83. The third-order valence-electron chi connectivity index (χ3n) is 6.11. The Labute approximate surface area is 181 Å². The second-order valence-corrected chi connectivity index (χ2v) is 8.26. The molecular formula is C23H28N6O2. The molecule has 1 fully saturated rings. The van der Waals surface area contributed by atoms with E-state index < -0.39 is 0 Å². The maximum atomic E-state index is 12.6. The highest BCUT2D eigenvalue weighted by Crippen LogP contribution is 2.20. The average Bonchev–Trinajstić information content (AvgIpc) is 3.30. The molecule has 1 aliphatic carbocycles. The number of hydrogen-bond donors (Lipinski definition) is 2. The number of fused-ring (bicyclic) bond motifs is 1. The van der Waals surface area contributed by atoms with Gasteiger partial charge in [-0.3, -0.25) is 19.3 Å². The molecule has 0 bridgehead atoms. The van der Waals surface area contributed by atoms with Crippen molar-refractivity contribution in [3.8, 4) is 0 Å². The summed E-state index contributed by atoms with van der Waals surface area (Å²) in [5.74, 6) is -0.210. The highest BCUT2D eigenvalue weighted by atomic mass is 16.2. The van der Waals surface area contributed by atoms with Gasteiger partial charge in [0.25, 0.3) is 5.91 Å². The largest absolute Gasteiger partial charge is 0.353 e. The van der Waals surface area contributed by atoms with Crippen LogP contribution in [0.2, 0.25) is 0 Å². The van der Waals surface area contributed by atoms with E-state index >= 15 is 0 Å². The first-order valence-corrected chi connectivity index (χ1v) is 10.7. The number of benzene rings is 1. The van der Waals surface area contributed by atoms with Gasteiger partial charge in [-0.2, -0.15) is 5.10 Å². The van der Waals surface area contributed by atoms with Crippen LogP contribution in [-0.4, -0.2) is 43.6 Å². The molecule has 1 aromatic carbocycles. The average molecular weight is 421 g/mol. The van der Waals surface area contributed by atoms with Crippen molar-refractivity contribution in [1.82, 2.24) is 30.4 Å². The van der Waals surface area contributed by atoms with Gasteiger partial charge in [-0.1, -0.05) is 12.1 Å². The Kier molecular flexibility index (Phi) is 5.97. The van der Waals surface area contributed by atoms with Gasteiger partial charge in [0.15, 0.2) is 0 Å². The highest BCUT2D eigenvalue weighted by Gasteiger charge is 2.27. The lowest BCUT2D eigenvalue weighted by atomic mass is 10.2. The Morgan fingerprint density at radius 3 is 2.48 bits per heavy atom. The maximum absolute atomic E-state index is 12.6. The Bertz CT molecular complexity index is 1120. The van der Waals surface area contributed by atoms with E-state index in [2.05, 4.69) is 25.7 Å². The van der Waals surface area contributed by atoms with Crippen LogP contribution in [0.5, 0.6) is 0 Å². The van der Waals surface area contributed by atoms with Gasteiger partial charge in [-0.15, -0.1) is 0 Å². The van der Waals surface area contributed by atoms with Gasteiger partial charge in [0.2, 0.25) is 5.91 Å². The monoisotopic (exact) mass is 420 g/mol. The van der Waals surface area contributed by atoms with Gasteiger partial charge in [-0.25, -0.2) is 4.98 Å². The minimum absolute atomic E-state index is 0.0163. The first-order valence-electron chi connectivity index (χ1n) is 10.7. The number of aryl methyl sites for hydroxylation is 2. The molecule has 2 aromatic heterocycles. The van der Waals surface area contributed by atoms with Crippen molar-refractivity contribution < 1.29 is 9.59 Å². The summed E-state index contributed by atoms with van der Waals surface area (Å²) in [5, 5.41) is 10.6. The molecule has 3 aromatic rings. The van der Waals surface area contributed by atoms with Crippen LogP contribution in [0.15, 0.2) is 30.5 Å². The summed E-state index contributed by atoms with van der Waals surface area (Å²) in [4.78, 5) is 33.7. The number of carbonyl (C=O) groups excluding carboxylic acids is 2. The number of rotatable bonds is 6. The molecule has 0 aliphatic heterocycles. The standard InChI is InChI=1S/C23H28N6O2/c1-14-15(2)28-29(16(14)3)11-10-22(30)25-17-8-9-18(12-17)26-23(31)21-13-24-19-6-4-5-7-20(19)27-21/h4-7,13,17-18H,8-12H2,1-3H3,(H,25,30)(H,26,31)/t17-,18+/m1/s1. The maximum Gasteiger partial charge on any atom is 0.271 e. The molecule has 2 N–H and O–H groups in total. The van der Waals surface area contributed by atoms with Gasteiger partial charge in [0.1, 0.15) is 5.69 Å². The Balaban J connectivity index is 1.26. The first kappa shape index (κ1) is 21.0. The van der Waals surface area contributed by atoms with Crippen LogP contribution >= 0.6 is 0 Å². The van der Waals surface area contributed by atoms with E-state index in [4.69, 9.17) is 0 Å². The van der Waals surface area contributed by atoms with Crippen LogP contribution in [0.3, 0.4) is 0 Å². The van der Waals surface area contributed by atoms with E-state index in [1.54, 1.807) is 0 Å². The summed E-state index contributed by atoms with van der Waals surface area (Å²) in [6.45, 7) is 6.62. The van der Waals surface area contributed by atoms with E-state index in [-0.39, 0.29) is 23.9 Å². The molecule has 0 spiro atoms. The van der Waals surface area contributed by atoms with Crippen molar-refractivity contribution in [2.45, 2.75) is 65.1 Å². The number of para-hydroxylation sites is 2. The minimum Gasteiger partial charge on any atom is -0.353 e. The molecule has 8 nitrogen and oxygen atoms in total. The quantitative estimate of drug-likeness (QED) is 0.638. The van der Waals surface area contributed by atoms with E-state index in [0.29, 0.717) is 24.2 Å². The van der Waals surface area contributed by atoms with Gasteiger partial charge in [0.05, 0.1) is 22.9 Å². The molecule has 1 aliphatic rings. The molecule has 0 unspecified atom stereocenters. The first-order chi connectivity index (χ1) is 14.9. The summed E-state index contributed by atoms with van der Waals surface area (Å²) >= 11 is 0. The summed E-state index contributed by atoms with van der Waals surface area (Å²) in [6, 6.07) is 7.56. The van der Waals surface area contributed by atoms with Crippen molar-refractivity contribution in [3.05, 3.63) is 53.1 Å². The third-order valence-corrected chi connectivity index (χ3v) is 6.11. The fourth-order valence-corrected chi connectivity index (χ4v) is 4.08. The zero-order chi connectivity index (χ0) is 22.0. The third kappa shape index (κ3) is 4.73. The van der Waals surface area contributed by atoms with E-state index in [1.807, 2.05) is 49.7 Å². The Morgan fingerprint density at radius 1 is 1.06 bits per heavy atom. The Morgan fingerprint density at radius 2 is 1.77 bits per heavy atom. The van der Waals surface area contributed by atoms with Crippen molar-refractivity contribution in [2.24, 2.45) is 0 Å². The van der Waals surface area contributed by atoms with Crippen molar-refractivity contribution >= 4 is 22.8 Å². The van der Waals surface area contributed by atoms with Crippen molar-refractivity contribution in [2.75, 3.05) is 0 Å². The molecule has 0 radical (unpaired) electrons. The number of aromatic nitrogens is 4. The summed E-state index contributed by atoms with van der Waals surface area (Å²) < 4.78 is 1.90. The van der Waals surface area contributed by atoms with Crippen LogP contribution < -0.4 is 10.6 Å². The van der Waals surface area contributed by atoms with Gasteiger partial charge < -0.3 is 10.6 Å². The molecule has 8 heteroatoms. The van der Waals surface area contributed by atoms with E-state index in [1.165, 1.54) is 11.8 Å². The molecule has 2 amide bonds. The summed E-state index contributed by atoms with van der Waals surface area (Å²) in [7, 11) is 0. The fraction of sp³-hybridized carbons (Fsp3) is 0.435. The predicted molar refractivity (Wildman–Crippen MR) is 118 cm³/mol. The van der Waals surface area contributed by atoms with E-state index in [0.717, 1.165) is 36.2 Å². The molecule has 1 saturated carbocycles. The highest BCUT2D eigenvalue weighted by molar-refractivity contribution is 5.94. The fourth-order valence-electron chi connectivity index (χ4n) is 4.08. The van der Waals surface area contributed by atoms with Crippen LogP contribution in [0.25, 0.3) is 11.0 Å². The number of amides is 2.